The van der Waals surface area contributed by atoms with Crippen molar-refractivity contribution < 1.29 is 19.2 Å². The molecular weight excluding hydrogens is 797 g/mol. The number of hydrogen-bond donors (Lipinski definition) is 0. The molecule has 13 rings (SSSR count). The van der Waals surface area contributed by atoms with Crippen LogP contribution in [0.15, 0.2) is 182 Å². The van der Waals surface area contributed by atoms with Gasteiger partial charge in [0.2, 0.25) is 23.6 Å². The molecule has 4 amide bonds. The highest BCUT2D eigenvalue weighted by molar-refractivity contribution is 6.32. The minimum atomic E-state index is -0.965. The average molecular weight is 831 g/mol. The summed E-state index contributed by atoms with van der Waals surface area (Å²) in [6, 6.07) is 59.7. The fourth-order valence-electron chi connectivity index (χ4n) is 10.6. The molecule has 2 aliphatic heterocycles. The summed E-state index contributed by atoms with van der Waals surface area (Å²) in [5.41, 5.74) is 8.95. The van der Waals surface area contributed by atoms with Crippen LogP contribution in [0.1, 0.15) is 0 Å². The van der Waals surface area contributed by atoms with Crippen LogP contribution in [0, 0.1) is 23.7 Å². The lowest BCUT2D eigenvalue weighted by Gasteiger charge is -2.36. The molecule has 10 heteroatoms. The molecule has 3 fully saturated rings. The van der Waals surface area contributed by atoms with E-state index in [2.05, 4.69) is 81.9 Å². The van der Waals surface area contributed by atoms with Crippen molar-refractivity contribution in [1.29, 1.82) is 0 Å². The lowest BCUT2D eigenvalue weighted by molar-refractivity contribution is -0.146. The Kier molecular flexibility index (Phi) is 7.63. The third kappa shape index (κ3) is 5.01. The van der Waals surface area contributed by atoms with Crippen molar-refractivity contribution in [2.45, 2.75) is 0 Å². The van der Waals surface area contributed by atoms with Crippen LogP contribution >= 0.6 is 0 Å². The maximum Gasteiger partial charge on any atom is 0.239 e. The van der Waals surface area contributed by atoms with Gasteiger partial charge in [-0.2, -0.15) is 0 Å². The van der Waals surface area contributed by atoms with Crippen molar-refractivity contribution in [2.24, 2.45) is 23.7 Å². The number of fused-ring (bicyclic) bond motifs is 10. The minimum absolute atomic E-state index is 0.165. The Morgan fingerprint density at radius 1 is 0.328 bits per heavy atom. The number of aromatic nitrogens is 4. The highest BCUT2D eigenvalue weighted by Crippen LogP contribution is 2.57. The second-order valence-corrected chi connectivity index (χ2v) is 16.7. The Balaban J connectivity index is 0.804. The molecule has 10 aromatic rings. The third-order valence-corrected chi connectivity index (χ3v) is 13.5. The topological polar surface area (TPSA) is 110 Å². The van der Waals surface area contributed by atoms with Gasteiger partial charge in [0.25, 0.3) is 0 Å². The lowest BCUT2D eigenvalue weighted by atomic mass is 9.59. The Morgan fingerprint density at radius 2 is 0.688 bits per heavy atom. The number of imide groups is 2. The number of carbonyl (C=O) groups is 4. The highest BCUT2D eigenvalue weighted by atomic mass is 16.2. The number of benzene rings is 6. The van der Waals surface area contributed by atoms with E-state index in [0.29, 0.717) is 11.4 Å². The molecule has 2 saturated heterocycles. The van der Waals surface area contributed by atoms with Gasteiger partial charge in [0, 0.05) is 44.0 Å². The maximum absolute atomic E-state index is 14.2. The summed E-state index contributed by atoms with van der Waals surface area (Å²) in [5.74, 6) is -5.61. The van der Waals surface area contributed by atoms with E-state index in [9.17, 15) is 19.2 Å². The molecule has 0 spiro atoms. The second-order valence-electron chi connectivity index (χ2n) is 16.7. The summed E-state index contributed by atoms with van der Waals surface area (Å²) in [6.07, 6.45) is 0. The number of nitrogens with zero attached hydrogens (tertiary/aromatic N) is 6. The first-order valence-corrected chi connectivity index (χ1v) is 21.3. The van der Waals surface area contributed by atoms with Gasteiger partial charge in [-0.1, -0.05) is 109 Å². The molecule has 1 aliphatic carbocycles. The van der Waals surface area contributed by atoms with Crippen molar-refractivity contribution in [3.8, 4) is 33.9 Å². The summed E-state index contributed by atoms with van der Waals surface area (Å²) in [4.78, 5) is 68.8. The van der Waals surface area contributed by atoms with Gasteiger partial charge in [-0.05, 0) is 72.8 Å². The van der Waals surface area contributed by atoms with E-state index in [1.54, 1.807) is 24.3 Å². The monoisotopic (exact) mass is 830 g/mol. The Bertz CT molecular complexity index is 3360. The van der Waals surface area contributed by atoms with Crippen molar-refractivity contribution in [1.82, 2.24) is 19.1 Å². The summed E-state index contributed by atoms with van der Waals surface area (Å²) < 4.78 is 4.44. The van der Waals surface area contributed by atoms with E-state index in [1.807, 2.05) is 84.9 Å². The minimum Gasteiger partial charge on any atom is -0.309 e. The van der Waals surface area contributed by atoms with Crippen molar-refractivity contribution in [3.05, 3.63) is 182 Å². The van der Waals surface area contributed by atoms with Crippen molar-refractivity contribution in [3.63, 3.8) is 0 Å². The Hall–Kier alpha value is -8.50. The SMILES string of the molecule is O=C1C2C(C(=O)N1c1cccc(-c3ccc4c5ccccc5n(-c5ccccc5)c4c3)n1)C1C(=O)N(c3cccc(-c4ccc5c6ccccc6n(-c6ccccc6)c5c4)n3)C(=O)C21. The molecule has 10 nitrogen and oxygen atoms in total. The zero-order chi connectivity index (χ0) is 42.8. The first-order chi connectivity index (χ1) is 31.4. The number of anilines is 2. The Labute approximate surface area is 365 Å². The van der Waals surface area contributed by atoms with Crippen LogP contribution in [-0.4, -0.2) is 42.7 Å². The summed E-state index contributed by atoms with van der Waals surface area (Å²) in [6.45, 7) is 0. The molecule has 1 saturated carbocycles. The number of para-hydroxylation sites is 4. The average Bonchev–Trinajstić information content (AvgIpc) is 3.97. The molecule has 0 N–H and O–H groups in total. The molecule has 0 bridgehead atoms. The lowest BCUT2D eigenvalue weighted by Crippen LogP contribution is -2.50. The first kappa shape index (κ1) is 36.2. The van der Waals surface area contributed by atoms with E-state index in [1.165, 1.54) is 0 Å². The van der Waals surface area contributed by atoms with Gasteiger partial charge >= 0.3 is 0 Å². The van der Waals surface area contributed by atoms with Gasteiger partial charge in [-0.25, -0.2) is 19.8 Å². The normalized spacial score (nSPS) is 19.3. The fraction of sp³-hybridized carbons (Fsp3) is 0.0741. The standard InChI is InChI=1S/C54H34N6O4/c61-51-47-48(52(62)59(51)45-23-11-19-39(55-45)31-25-27-37-35-17-7-9-21-41(35)57(43(37)29-31)33-13-3-1-4-14-33)50-49(47)53(63)60(54(50)64)46-24-12-20-40(56-46)32-26-28-38-36-18-8-10-22-42(36)58(44(38)30-32)34-15-5-2-6-16-34/h1-30,47-50H. The Morgan fingerprint density at radius 3 is 1.09 bits per heavy atom. The van der Waals surface area contributed by atoms with Crippen LogP contribution in [0.2, 0.25) is 0 Å². The number of rotatable bonds is 6. The van der Waals surface area contributed by atoms with Crippen molar-refractivity contribution >= 4 is 78.9 Å². The number of pyridine rings is 2. The van der Waals surface area contributed by atoms with E-state index in [0.717, 1.165) is 75.9 Å². The fourth-order valence-corrected chi connectivity index (χ4v) is 10.6. The van der Waals surface area contributed by atoms with Crippen LogP contribution in [0.4, 0.5) is 11.6 Å². The van der Waals surface area contributed by atoms with Crippen LogP contribution in [0.5, 0.6) is 0 Å². The number of carbonyl (C=O) groups excluding carboxylic acids is 4. The predicted molar refractivity (Wildman–Crippen MR) is 247 cm³/mol. The van der Waals surface area contributed by atoms with E-state index in [4.69, 9.17) is 9.97 Å². The van der Waals surface area contributed by atoms with E-state index >= 15 is 0 Å². The maximum atomic E-state index is 14.2. The largest absolute Gasteiger partial charge is 0.309 e. The molecule has 64 heavy (non-hydrogen) atoms. The summed E-state index contributed by atoms with van der Waals surface area (Å²) in [7, 11) is 0. The molecule has 304 valence electrons. The molecule has 3 aliphatic rings. The van der Waals surface area contributed by atoms with Gasteiger partial charge in [0.15, 0.2) is 0 Å². The summed E-state index contributed by atoms with van der Waals surface area (Å²) >= 11 is 0. The van der Waals surface area contributed by atoms with Crippen LogP contribution in [0.25, 0.3) is 77.5 Å². The second kappa shape index (κ2) is 13.5. The quantitative estimate of drug-likeness (QED) is 0.154. The predicted octanol–water partition coefficient (Wildman–Crippen LogP) is 9.93. The van der Waals surface area contributed by atoms with E-state index in [-0.39, 0.29) is 11.6 Å². The molecular formula is C54H34N6O4. The molecule has 0 radical (unpaired) electrons. The van der Waals surface area contributed by atoms with Crippen LogP contribution in [-0.2, 0) is 19.2 Å². The highest BCUT2D eigenvalue weighted by Gasteiger charge is 2.74. The molecule has 4 aromatic heterocycles. The van der Waals surface area contributed by atoms with Crippen molar-refractivity contribution in [2.75, 3.05) is 9.80 Å². The van der Waals surface area contributed by atoms with E-state index < -0.39 is 47.3 Å². The zero-order valence-corrected chi connectivity index (χ0v) is 33.9. The number of hydrogen-bond acceptors (Lipinski definition) is 6. The van der Waals surface area contributed by atoms with Gasteiger partial charge < -0.3 is 9.13 Å². The number of amides is 4. The first-order valence-electron chi connectivity index (χ1n) is 21.3. The molecule has 6 heterocycles. The smallest absolute Gasteiger partial charge is 0.239 e. The molecule has 6 aromatic carbocycles. The van der Waals surface area contributed by atoms with Crippen LogP contribution in [0.3, 0.4) is 0 Å². The summed E-state index contributed by atoms with van der Waals surface area (Å²) in [5, 5.41) is 4.41. The third-order valence-electron chi connectivity index (χ3n) is 13.5. The van der Waals surface area contributed by atoms with Crippen LogP contribution < -0.4 is 9.80 Å². The van der Waals surface area contributed by atoms with Gasteiger partial charge in [-0.15, -0.1) is 0 Å². The van der Waals surface area contributed by atoms with Gasteiger partial charge in [0.1, 0.15) is 11.6 Å². The van der Waals surface area contributed by atoms with Gasteiger partial charge in [0.05, 0.1) is 57.1 Å². The molecule has 0 unspecified atom stereocenters. The zero-order valence-electron chi connectivity index (χ0n) is 33.9. The molecule has 0 atom stereocenters. The van der Waals surface area contributed by atoms with Gasteiger partial charge in [-0.3, -0.25) is 19.2 Å².